The van der Waals surface area contributed by atoms with Gasteiger partial charge in [0.1, 0.15) is 6.10 Å². The highest BCUT2D eigenvalue weighted by Crippen LogP contribution is 2.32. The highest BCUT2D eigenvalue weighted by Gasteiger charge is 2.34. The minimum absolute atomic E-state index is 0.0479. The molecule has 2 aromatic rings. The maximum Gasteiger partial charge on any atom is 0.315 e. The number of nitrogens with zero attached hydrogens (tertiary/aromatic N) is 1. The van der Waals surface area contributed by atoms with Gasteiger partial charge in [-0.15, -0.1) is 0 Å². The molecule has 1 aromatic carbocycles. The SMILES string of the molecule is CC(O)C(C)OC(=O)C1CCn2c(C(=O)c3ccccc3)ccc21. The predicted octanol–water partition coefficient (Wildman–Crippen LogP) is 2.52. The van der Waals surface area contributed by atoms with Crippen molar-refractivity contribution in [1.29, 1.82) is 0 Å². The molecule has 0 radical (unpaired) electrons. The number of benzene rings is 1. The van der Waals surface area contributed by atoms with Gasteiger partial charge in [0.2, 0.25) is 5.78 Å². The summed E-state index contributed by atoms with van der Waals surface area (Å²) in [7, 11) is 0. The molecule has 0 fully saturated rings. The van der Waals surface area contributed by atoms with Crippen LogP contribution in [0, 0.1) is 0 Å². The van der Waals surface area contributed by atoms with E-state index in [0.717, 1.165) is 5.69 Å². The number of esters is 1. The van der Waals surface area contributed by atoms with Crippen LogP contribution in [0.4, 0.5) is 0 Å². The Kier molecular flexibility index (Phi) is 4.53. The van der Waals surface area contributed by atoms with Crippen molar-refractivity contribution in [3.63, 3.8) is 0 Å². The van der Waals surface area contributed by atoms with Gasteiger partial charge in [-0.05, 0) is 32.4 Å². The Morgan fingerprint density at radius 3 is 2.54 bits per heavy atom. The van der Waals surface area contributed by atoms with E-state index >= 15 is 0 Å². The van der Waals surface area contributed by atoms with Crippen LogP contribution < -0.4 is 0 Å². The normalized spacial score (nSPS) is 18.7. The van der Waals surface area contributed by atoms with Gasteiger partial charge in [-0.3, -0.25) is 9.59 Å². The Balaban J connectivity index is 1.81. The number of carbonyl (C=O) groups is 2. The third-order valence-electron chi connectivity index (χ3n) is 4.55. The Morgan fingerprint density at radius 2 is 1.88 bits per heavy atom. The fourth-order valence-electron chi connectivity index (χ4n) is 2.98. The molecule has 3 atom stereocenters. The lowest BCUT2D eigenvalue weighted by molar-refractivity contribution is -0.154. The molecule has 5 heteroatoms. The van der Waals surface area contributed by atoms with Crippen molar-refractivity contribution in [2.24, 2.45) is 0 Å². The van der Waals surface area contributed by atoms with E-state index < -0.39 is 12.2 Å². The van der Waals surface area contributed by atoms with Crippen molar-refractivity contribution < 1.29 is 19.4 Å². The van der Waals surface area contributed by atoms with Crippen LogP contribution in [0.5, 0.6) is 0 Å². The van der Waals surface area contributed by atoms with Crippen LogP contribution in [-0.2, 0) is 16.1 Å². The van der Waals surface area contributed by atoms with Gasteiger partial charge in [0, 0.05) is 17.8 Å². The van der Waals surface area contributed by atoms with Crippen molar-refractivity contribution in [2.75, 3.05) is 0 Å². The molecule has 1 aromatic heterocycles. The molecule has 1 aliphatic heterocycles. The summed E-state index contributed by atoms with van der Waals surface area (Å²) >= 11 is 0. The third-order valence-corrected chi connectivity index (χ3v) is 4.55. The number of ketones is 1. The van der Waals surface area contributed by atoms with Crippen molar-refractivity contribution in [3.8, 4) is 0 Å². The standard InChI is InChI=1S/C19H21NO4/c1-12(21)13(2)24-19(23)15-10-11-20-16(15)8-9-17(20)18(22)14-6-4-3-5-7-14/h3-9,12-13,15,21H,10-11H2,1-2H3. The van der Waals surface area contributed by atoms with E-state index in [1.807, 2.05) is 28.8 Å². The first kappa shape index (κ1) is 16.5. The van der Waals surface area contributed by atoms with Crippen LogP contribution in [0.3, 0.4) is 0 Å². The molecule has 0 bridgehead atoms. The number of ether oxygens (including phenoxy) is 1. The molecule has 0 spiro atoms. The monoisotopic (exact) mass is 327 g/mol. The van der Waals surface area contributed by atoms with Gasteiger partial charge in [-0.25, -0.2) is 0 Å². The molecule has 0 aliphatic carbocycles. The molecule has 3 rings (SSSR count). The van der Waals surface area contributed by atoms with E-state index in [1.165, 1.54) is 0 Å². The van der Waals surface area contributed by atoms with Crippen molar-refractivity contribution in [1.82, 2.24) is 4.57 Å². The van der Waals surface area contributed by atoms with Gasteiger partial charge in [0.05, 0.1) is 17.7 Å². The lowest BCUT2D eigenvalue weighted by Gasteiger charge is -2.18. The van der Waals surface area contributed by atoms with Gasteiger partial charge < -0.3 is 14.4 Å². The van der Waals surface area contributed by atoms with Gasteiger partial charge in [0.15, 0.2) is 0 Å². The summed E-state index contributed by atoms with van der Waals surface area (Å²) in [5.41, 5.74) is 2.03. The zero-order valence-electron chi connectivity index (χ0n) is 13.8. The highest BCUT2D eigenvalue weighted by atomic mass is 16.6. The second-order valence-electron chi connectivity index (χ2n) is 6.21. The van der Waals surface area contributed by atoms with Crippen LogP contribution >= 0.6 is 0 Å². The number of aliphatic hydroxyl groups is 1. The fraction of sp³-hybridized carbons (Fsp3) is 0.368. The minimum atomic E-state index is -0.711. The molecule has 0 saturated carbocycles. The number of aliphatic hydroxyl groups excluding tert-OH is 1. The molecule has 1 aliphatic rings. The van der Waals surface area contributed by atoms with Gasteiger partial charge in [0.25, 0.3) is 0 Å². The number of rotatable bonds is 5. The third kappa shape index (κ3) is 2.99. The number of fused-ring (bicyclic) bond motifs is 1. The molecule has 3 unspecified atom stereocenters. The molecule has 1 N–H and O–H groups in total. The number of hydrogen-bond donors (Lipinski definition) is 1. The topological polar surface area (TPSA) is 68.5 Å². The van der Waals surface area contributed by atoms with Gasteiger partial charge in [-0.1, -0.05) is 30.3 Å². The van der Waals surface area contributed by atoms with E-state index in [4.69, 9.17) is 4.74 Å². The van der Waals surface area contributed by atoms with Crippen LogP contribution in [0.25, 0.3) is 0 Å². The summed E-state index contributed by atoms with van der Waals surface area (Å²) in [5.74, 6) is -0.782. The highest BCUT2D eigenvalue weighted by molar-refractivity contribution is 6.08. The first-order valence-corrected chi connectivity index (χ1v) is 8.16. The average Bonchev–Trinajstić information content (AvgIpc) is 3.16. The van der Waals surface area contributed by atoms with E-state index in [9.17, 15) is 14.7 Å². The Labute approximate surface area is 140 Å². The molecule has 24 heavy (non-hydrogen) atoms. The maximum atomic E-state index is 12.6. The molecule has 126 valence electrons. The van der Waals surface area contributed by atoms with Crippen LogP contribution in [0.2, 0.25) is 0 Å². The maximum absolute atomic E-state index is 12.6. The Morgan fingerprint density at radius 1 is 1.17 bits per heavy atom. The van der Waals surface area contributed by atoms with Crippen molar-refractivity contribution in [3.05, 3.63) is 59.4 Å². The molecule has 5 nitrogen and oxygen atoms in total. The van der Waals surface area contributed by atoms with Gasteiger partial charge >= 0.3 is 5.97 Å². The summed E-state index contributed by atoms with van der Waals surface area (Å²) in [5, 5.41) is 9.48. The Bertz CT molecular complexity index is 748. The second-order valence-corrected chi connectivity index (χ2v) is 6.21. The number of aromatic nitrogens is 1. The second kappa shape index (κ2) is 6.61. The molecule has 0 saturated heterocycles. The number of hydrogen-bond acceptors (Lipinski definition) is 4. The van der Waals surface area contributed by atoms with Gasteiger partial charge in [-0.2, -0.15) is 0 Å². The van der Waals surface area contributed by atoms with E-state index in [-0.39, 0.29) is 17.7 Å². The first-order chi connectivity index (χ1) is 11.5. The zero-order chi connectivity index (χ0) is 17.3. The zero-order valence-corrected chi connectivity index (χ0v) is 13.8. The molecular formula is C19H21NO4. The lowest BCUT2D eigenvalue weighted by Crippen LogP contribution is -2.28. The van der Waals surface area contributed by atoms with E-state index in [1.54, 1.807) is 32.0 Å². The average molecular weight is 327 g/mol. The summed E-state index contributed by atoms with van der Waals surface area (Å²) in [4.78, 5) is 25.0. The van der Waals surface area contributed by atoms with E-state index in [0.29, 0.717) is 24.2 Å². The predicted molar refractivity (Wildman–Crippen MR) is 88.9 cm³/mol. The van der Waals surface area contributed by atoms with Crippen LogP contribution in [0.15, 0.2) is 42.5 Å². The summed E-state index contributed by atoms with van der Waals surface area (Å²) in [6.07, 6.45) is -0.652. The van der Waals surface area contributed by atoms with Crippen molar-refractivity contribution >= 4 is 11.8 Å². The summed E-state index contributed by atoms with van der Waals surface area (Å²) < 4.78 is 7.22. The van der Waals surface area contributed by atoms with Crippen LogP contribution in [0.1, 0.15) is 47.9 Å². The summed E-state index contributed by atoms with van der Waals surface area (Å²) in [6.45, 7) is 3.87. The summed E-state index contributed by atoms with van der Waals surface area (Å²) in [6, 6.07) is 12.7. The Hall–Kier alpha value is -2.40. The minimum Gasteiger partial charge on any atom is -0.459 e. The quantitative estimate of drug-likeness (QED) is 0.677. The molecule has 2 heterocycles. The molecular weight excluding hydrogens is 306 g/mol. The lowest BCUT2D eigenvalue weighted by atomic mass is 10.0. The van der Waals surface area contributed by atoms with Crippen LogP contribution in [-0.4, -0.2) is 33.6 Å². The largest absolute Gasteiger partial charge is 0.459 e. The first-order valence-electron chi connectivity index (χ1n) is 8.16. The molecule has 0 amide bonds. The van der Waals surface area contributed by atoms with E-state index in [2.05, 4.69) is 0 Å². The number of carbonyl (C=O) groups excluding carboxylic acids is 2. The fourth-order valence-corrected chi connectivity index (χ4v) is 2.98. The van der Waals surface area contributed by atoms with Crippen molar-refractivity contribution in [2.45, 2.75) is 44.9 Å². The smallest absolute Gasteiger partial charge is 0.315 e.